The Labute approximate surface area is 89.6 Å². The lowest BCUT2D eigenvalue weighted by Crippen LogP contribution is -2.33. The van der Waals surface area contributed by atoms with Gasteiger partial charge in [0, 0.05) is 0 Å². The Kier molecular flexibility index (Phi) is 3.85. The summed E-state index contributed by atoms with van der Waals surface area (Å²) in [5.74, 6) is -0.0181. The molecule has 1 aromatic carbocycles. The highest BCUT2D eigenvalue weighted by atomic mass is 32.2. The fourth-order valence-corrected chi connectivity index (χ4v) is 2.24. The van der Waals surface area contributed by atoms with Crippen molar-refractivity contribution in [2.24, 2.45) is 0 Å². The van der Waals surface area contributed by atoms with Crippen LogP contribution in [0.3, 0.4) is 0 Å². The van der Waals surface area contributed by atoms with Crippen LogP contribution < -0.4 is 4.31 Å². The first-order valence-electron chi connectivity index (χ1n) is 4.61. The minimum atomic E-state index is -3.37. The van der Waals surface area contributed by atoms with Gasteiger partial charge in [-0.15, -0.1) is 0 Å². The second-order valence-electron chi connectivity index (χ2n) is 2.93. The summed E-state index contributed by atoms with van der Waals surface area (Å²) in [6, 6.07) is 8.59. The molecular weight excluding hydrogens is 214 g/mol. The number of hydrogen-bond donors (Lipinski definition) is 0. The second kappa shape index (κ2) is 4.93. The highest BCUT2D eigenvalue weighted by molar-refractivity contribution is 7.92. The number of rotatable bonds is 5. The van der Waals surface area contributed by atoms with Crippen LogP contribution in [0, 0.1) is 0 Å². The molecule has 1 aromatic rings. The van der Waals surface area contributed by atoms with Crippen molar-refractivity contribution in [3.8, 4) is 0 Å². The Morgan fingerprint density at radius 3 is 2.33 bits per heavy atom. The van der Waals surface area contributed by atoms with Crippen molar-refractivity contribution >= 4 is 22.0 Å². The molecule has 0 aliphatic rings. The summed E-state index contributed by atoms with van der Waals surface area (Å²) in [6.07, 6.45) is 0.584. The molecule has 0 amide bonds. The number of benzene rings is 1. The van der Waals surface area contributed by atoms with Gasteiger partial charge in [0.15, 0.2) is 0 Å². The average molecular weight is 227 g/mol. The minimum absolute atomic E-state index is 0.0181. The number of anilines is 1. The van der Waals surface area contributed by atoms with Gasteiger partial charge in [-0.3, -0.25) is 4.31 Å². The molecule has 82 valence electrons. The fourth-order valence-electron chi connectivity index (χ4n) is 1.20. The Balaban J connectivity index is 3.09. The first-order valence-corrected chi connectivity index (χ1v) is 6.22. The molecule has 0 unspecified atom stereocenters. The minimum Gasteiger partial charge on any atom is -0.301 e. The number of nitrogens with zero attached hydrogens (tertiary/aromatic N) is 1. The predicted molar refractivity (Wildman–Crippen MR) is 59.3 cm³/mol. The van der Waals surface area contributed by atoms with Gasteiger partial charge in [-0.05, 0) is 19.1 Å². The standard InChI is InChI=1S/C10H13NO3S/c1-2-15(13,14)11(8-9-12)10-6-4-3-5-7-10/h3-7,9H,2,8H2,1H3. The van der Waals surface area contributed by atoms with E-state index < -0.39 is 10.0 Å². The number of carbonyl (C=O) groups is 1. The van der Waals surface area contributed by atoms with Gasteiger partial charge in [0.2, 0.25) is 10.0 Å². The van der Waals surface area contributed by atoms with Crippen LogP contribution in [-0.2, 0) is 14.8 Å². The van der Waals surface area contributed by atoms with Crippen molar-refractivity contribution in [1.29, 1.82) is 0 Å². The molecule has 0 aliphatic heterocycles. The summed E-state index contributed by atoms with van der Waals surface area (Å²) < 4.78 is 24.4. The van der Waals surface area contributed by atoms with E-state index in [1.165, 1.54) is 0 Å². The molecule has 0 spiro atoms. The summed E-state index contributed by atoms with van der Waals surface area (Å²) >= 11 is 0. The molecule has 5 heteroatoms. The molecule has 0 fully saturated rings. The van der Waals surface area contributed by atoms with Crippen LogP contribution in [0.5, 0.6) is 0 Å². The molecule has 0 N–H and O–H groups in total. The Hall–Kier alpha value is -1.36. The van der Waals surface area contributed by atoms with Gasteiger partial charge in [0.1, 0.15) is 6.29 Å². The van der Waals surface area contributed by atoms with Crippen LogP contribution in [0.25, 0.3) is 0 Å². The van der Waals surface area contributed by atoms with Crippen LogP contribution in [0.15, 0.2) is 30.3 Å². The molecule has 0 atom stereocenters. The Morgan fingerprint density at radius 1 is 1.27 bits per heavy atom. The molecule has 0 heterocycles. The highest BCUT2D eigenvalue weighted by Crippen LogP contribution is 2.16. The molecule has 0 radical (unpaired) electrons. The lowest BCUT2D eigenvalue weighted by atomic mass is 10.3. The lowest BCUT2D eigenvalue weighted by Gasteiger charge is -2.20. The maximum atomic E-state index is 11.7. The summed E-state index contributed by atoms with van der Waals surface area (Å²) in [7, 11) is -3.37. The zero-order chi connectivity index (χ0) is 11.3. The molecule has 1 rings (SSSR count). The van der Waals surface area contributed by atoms with E-state index in [2.05, 4.69) is 0 Å². The van der Waals surface area contributed by atoms with Crippen LogP contribution in [0.2, 0.25) is 0 Å². The summed E-state index contributed by atoms with van der Waals surface area (Å²) in [6.45, 7) is 1.41. The van der Waals surface area contributed by atoms with E-state index in [0.717, 1.165) is 4.31 Å². The van der Waals surface area contributed by atoms with E-state index in [1.54, 1.807) is 37.3 Å². The highest BCUT2D eigenvalue weighted by Gasteiger charge is 2.19. The molecule has 0 aliphatic carbocycles. The van der Waals surface area contributed by atoms with Gasteiger partial charge in [0.25, 0.3) is 0 Å². The maximum absolute atomic E-state index is 11.7. The third-order valence-electron chi connectivity index (χ3n) is 1.99. The topological polar surface area (TPSA) is 54.5 Å². The normalized spacial score (nSPS) is 11.0. The van der Waals surface area contributed by atoms with E-state index in [1.807, 2.05) is 0 Å². The number of hydrogen-bond acceptors (Lipinski definition) is 3. The molecule has 0 aromatic heterocycles. The van der Waals surface area contributed by atoms with Crippen molar-refractivity contribution < 1.29 is 13.2 Å². The quantitative estimate of drug-likeness (QED) is 0.706. The third kappa shape index (κ3) is 2.79. The SMILES string of the molecule is CCS(=O)(=O)N(CC=O)c1ccccc1. The summed E-state index contributed by atoms with van der Waals surface area (Å²) in [4.78, 5) is 10.4. The van der Waals surface area contributed by atoms with Crippen LogP contribution in [0.4, 0.5) is 5.69 Å². The summed E-state index contributed by atoms with van der Waals surface area (Å²) in [5.41, 5.74) is 0.520. The first kappa shape index (κ1) is 11.7. The van der Waals surface area contributed by atoms with Gasteiger partial charge >= 0.3 is 0 Å². The van der Waals surface area contributed by atoms with E-state index in [0.29, 0.717) is 12.0 Å². The smallest absolute Gasteiger partial charge is 0.235 e. The van der Waals surface area contributed by atoms with E-state index in [-0.39, 0.29) is 12.3 Å². The van der Waals surface area contributed by atoms with E-state index in [9.17, 15) is 13.2 Å². The molecule has 0 saturated heterocycles. The van der Waals surface area contributed by atoms with Gasteiger partial charge in [-0.2, -0.15) is 0 Å². The van der Waals surface area contributed by atoms with Crippen LogP contribution in [0.1, 0.15) is 6.92 Å². The molecule has 0 bridgehead atoms. The zero-order valence-electron chi connectivity index (χ0n) is 8.46. The van der Waals surface area contributed by atoms with Crippen molar-refractivity contribution in [2.45, 2.75) is 6.92 Å². The summed E-state index contributed by atoms with van der Waals surface area (Å²) in [5, 5.41) is 0. The van der Waals surface area contributed by atoms with Gasteiger partial charge in [-0.1, -0.05) is 18.2 Å². The number of sulfonamides is 1. The largest absolute Gasteiger partial charge is 0.301 e. The van der Waals surface area contributed by atoms with Gasteiger partial charge < -0.3 is 4.79 Å². The maximum Gasteiger partial charge on any atom is 0.235 e. The Bertz CT molecular complexity index is 414. The van der Waals surface area contributed by atoms with Gasteiger partial charge in [-0.25, -0.2) is 8.42 Å². The second-order valence-corrected chi connectivity index (χ2v) is 5.12. The van der Waals surface area contributed by atoms with Crippen LogP contribution >= 0.6 is 0 Å². The van der Waals surface area contributed by atoms with Crippen LogP contribution in [-0.4, -0.2) is 27.0 Å². The molecule has 15 heavy (non-hydrogen) atoms. The average Bonchev–Trinajstić information content (AvgIpc) is 2.27. The first-order chi connectivity index (χ1) is 7.11. The molecule has 0 saturated carbocycles. The third-order valence-corrected chi connectivity index (χ3v) is 3.75. The zero-order valence-corrected chi connectivity index (χ0v) is 9.28. The van der Waals surface area contributed by atoms with Crippen molar-refractivity contribution in [2.75, 3.05) is 16.6 Å². The number of aldehydes is 1. The number of para-hydroxylation sites is 1. The molecular formula is C10H13NO3S. The molecule has 4 nitrogen and oxygen atoms in total. The van der Waals surface area contributed by atoms with Crippen molar-refractivity contribution in [1.82, 2.24) is 0 Å². The Morgan fingerprint density at radius 2 is 1.87 bits per heavy atom. The van der Waals surface area contributed by atoms with E-state index >= 15 is 0 Å². The monoisotopic (exact) mass is 227 g/mol. The van der Waals surface area contributed by atoms with Crippen molar-refractivity contribution in [3.63, 3.8) is 0 Å². The van der Waals surface area contributed by atoms with Crippen molar-refractivity contribution in [3.05, 3.63) is 30.3 Å². The lowest BCUT2D eigenvalue weighted by molar-refractivity contribution is -0.106. The number of carbonyl (C=O) groups excluding carboxylic acids is 1. The van der Waals surface area contributed by atoms with Gasteiger partial charge in [0.05, 0.1) is 18.0 Å². The fraction of sp³-hybridized carbons (Fsp3) is 0.300. The van der Waals surface area contributed by atoms with E-state index in [4.69, 9.17) is 0 Å². The predicted octanol–water partition coefficient (Wildman–Crippen LogP) is 1.04.